The van der Waals surface area contributed by atoms with Gasteiger partial charge in [-0.15, -0.1) is 0 Å². The van der Waals surface area contributed by atoms with Crippen molar-refractivity contribution in [3.05, 3.63) is 23.8 Å². The van der Waals surface area contributed by atoms with Crippen LogP contribution in [0.5, 0.6) is 5.75 Å². The fraction of sp³-hybridized carbons (Fsp3) is 0.562. The van der Waals surface area contributed by atoms with E-state index in [2.05, 4.69) is 10.6 Å². The third-order valence-electron chi connectivity index (χ3n) is 4.00. The van der Waals surface area contributed by atoms with Crippen molar-refractivity contribution in [1.82, 2.24) is 5.32 Å². The number of aliphatic hydroxyl groups excluding tert-OH is 1. The number of rotatable bonds is 4. The van der Waals surface area contributed by atoms with Gasteiger partial charge >= 0.3 is 6.03 Å². The van der Waals surface area contributed by atoms with Crippen molar-refractivity contribution in [1.29, 1.82) is 0 Å². The third kappa shape index (κ3) is 4.63. The maximum atomic E-state index is 12.0. The van der Waals surface area contributed by atoms with Crippen LogP contribution in [0, 0.1) is 12.8 Å². The van der Waals surface area contributed by atoms with Gasteiger partial charge in [-0.2, -0.15) is 0 Å². The molecule has 0 radical (unpaired) electrons. The molecule has 0 saturated heterocycles. The Morgan fingerprint density at radius 3 is 2.95 bits per heavy atom. The molecule has 0 bridgehead atoms. The highest BCUT2D eigenvalue weighted by Crippen LogP contribution is 2.24. The Morgan fingerprint density at radius 1 is 1.43 bits per heavy atom. The molecular weight excluding hydrogens is 268 g/mol. The Morgan fingerprint density at radius 2 is 2.24 bits per heavy atom. The topological polar surface area (TPSA) is 70.6 Å². The number of carbonyl (C=O) groups excluding carboxylic acids is 1. The van der Waals surface area contributed by atoms with Crippen molar-refractivity contribution in [2.24, 2.45) is 5.92 Å². The Labute approximate surface area is 125 Å². The second-order valence-corrected chi connectivity index (χ2v) is 5.70. The largest absolute Gasteiger partial charge is 0.497 e. The monoisotopic (exact) mass is 292 g/mol. The van der Waals surface area contributed by atoms with Crippen molar-refractivity contribution < 1.29 is 14.6 Å². The number of anilines is 1. The minimum Gasteiger partial charge on any atom is -0.497 e. The number of carbonyl (C=O) groups is 1. The minimum atomic E-state index is -0.216. The first-order valence-corrected chi connectivity index (χ1v) is 7.46. The summed E-state index contributed by atoms with van der Waals surface area (Å²) in [6.45, 7) is 2.54. The summed E-state index contributed by atoms with van der Waals surface area (Å²) in [5, 5.41) is 15.4. The first-order chi connectivity index (χ1) is 10.1. The lowest BCUT2D eigenvalue weighted by Gasteiger charge is -2.26. The molecule has 2 amide bonds. The standard InChI is InChI=1S/C16H24N2O3/c1-11-6-7-14(21-2)9-15(11)18-16(20)17-10-12-4-3-5-13(19)8-12/h6-7,9,12-13,19H,3-5,8,10H2,1-2H3,(H2,17,18,20). The van der Waals surface area contributed by atoms with Crippen molar-refractivity contribution in [3.63, 3.8) is 0 Å². The quantitative estimate of drug-likeness (QED) is 0.799. The number of amides is 2. The molecule has 1 aromatic carbocycles. The molecule has 1 saturated carbocycles. The zero-order chi connectivity index (χ0) is 15.2. The third-order valence-corrected chi connectivity index (χ3v) is 4.00. The van der Waals surface area contributed by atoms with Crippen molar-refractivity contribution in [2.45, 2.75) is 38.7 Å². The smallest absolute Gasteiger partial charge is 0.319 e. The number of aryl methyl sites for hydroxylation is 1. The lowest BCUT2D eigenvalue weighted by atomic mass is 9.87. The summed E-state index contributed by atoms with van der Waals surface area (Å²) in [5.41, 5.74) is 1.73. The Hall–Kier alpha value is -1.75. The highest BCUT2D eigenvalue weighted by atomic mass is 16.5. The predicted molar refractivity (Wildman–Crippen MR) is 82.7 cm³/mol. The van der Waals surface area contributed by atoms with E-state index in [0.29, 0.717) is 18.2 Å². The van der Waals surface area contributed by atoms with Crippen molar-refractivity contribution in [2.75, 3.05) is 19.0 Å². The van der Waals surface area contributed by atoms with Gasteiger partial charge in [-0.1, -0.05) is 12.5 Å². The second kappa shape index (κ2) is 7.31. The molecule has 0 aromatic heterocycles. The van der Waals surface area contributed by atoms with Gasteiger partial charge in [0.25, 0.3) is 0 Å². The minimum absolute atomic E-state index is 0.214. The molecule has 1 fully saturated rings. The van der Waals surface area contributed by atoms with Crippen LogP contribution < -0.4 is 15.4 Å². The molecule has 2 unspecified atom stereocenters. The molecule has 116 valence electrons. The van der Waals surface area contributed by atoms with Crippen molar-refractivity contribution >= 4 is 11.7 Å². The van der Waals surface area contributed by atoms with Crippen molar-refractivity contribution in [3.8, 4) is 5.75 Å². The van der Waals surface area contributed by atoms with Gasteiger partial charge in [-0.05, 0) is 43.7 Å². The van der Waals surface area contributed by atoms with E-state index in [0.717, 1.165) is 36.9 Å². The summed E-state index contributed by atoms with van der Waals surface area (Å²) in [6, 6.07) is 5.36. The lowest BCUT2D eigenvalue weighted by molar-refractivity contribution is 0.101. The summed E-state index contributed by atoms with van der Waals surface area (Å²) < 4.78 is 5.16. The maximum Gasteiger partial charge on any atom is 0.319 e. The first-order valence-electron chi connectivity index (χ1n) is 7.46. The maximum absolute atomic E-state index is 12.0. The molecule has 5 heteroatoms. The van der Waals surface area contributed by atoms with E-state index >= 15 is 0 Å². The molecule has 2 atom stereocenters. The molecule has 21 heavy (non-hydrogen) atoms. The van der Waals surface area contributed by atoms with Gasteiger partial charge in [0, 0.05) is 18.3 Å². The zero-order valence-corrected chi connectivity index (χ0v) is 12.7. The van der Waals surface area contributed by atoms with Crippen LogP contribution in [0.2, 0.25) is 0 Å². The molecule has 5 nitrogen and oxygen atoms in total. The molecule has 1 aromatic rings. The number of ether oxygens (including phenoxy) is 1. The van der Waals surface area contributed by atoms with Crippen LogP contribution >= 0.6 is 0 Å². The van der Waals surface area contributed by atoms with E-state index in [4.69, 9.17) is 4.74 Å². The van der Waals surface area contributed by atoms with Crippen LogP contribution in [-0.2, 0) is 0 Å². The van der Waals surface area contributed by atoms with Gasteiger partial charge in [0.2, 0.25) is 0 Å². The fourth-order valence-electron chi connectivity index (χ4n) is 2.71. The summed E-state index contributed by atoms with van der Waals surface area (Å²) >= 11 is 0. The molecule has 1 aliphatic rings. The molecule has 1 aliphatic carbocycles. The first kappa shape index (κ1) is 15.6. The van der Waals surface area contributed by atoms with Crippen LogP contribution in [0.15, 0.2) is 18.2 Å². The lowest BCUT2D eigenvalue weighted by Crippen LogP contribution is -2.35. The molecule has 0 aliphatic heterocycles. The Balaban J connectivity index is 1.84. The Bertz CT molecular complexity index is 490. The van der Waals surface area contributed by atoms with Crippen LogP contribution in [0.4, 0.5) is 10.5 Å². The summed E-state index contributed by atoms with van der Waals surface area (Å²) in [5.74, 6) is 1.08. The Kier molecular flexibility index (Phi) is 5.44. The highest BCUT2D eigenvalue weighted by Gasteiger charge is 2.20. The second-order valence-electron chi connectivity index (χ2n) is 5.70. The number of benzene rings is 1. The average molecular weight is 292 g/mol. The van der Waals surface area contributed by atoms with Gasteiger partial charge in [0.1, 0.15) is 5.75 Å². The van der Waals surface area contributed by atoms with Gasteiger partial charge in [-0.25, -0.2) is 4.79 Å². The summed E-state index contributed by atoms with van der Waals surface area (Å²) in [6.07, 6.45) is 3.54. The van der Waals surface area contributed by atoms with E-state index in [1.807, 2.05) is 19.1 Å². The molecular formula is C16H24N2O3. The van der Waals surface area contributed by atoms with E-state index in [-0.39, 0.29) is 12.1 Å². The van der Waals surface area contributed by atoms with E-state index in [9.17, 15) is 9.90 Å². The summed E-state index contributed by atoms with van der Waals surface area (Å²) in [4.78, 5) is 12.0. The molecule has 2 rings (SSSR count). The van der Waals surface area contributed by atoms with Gasteiger partial charge in [0.05, 0.1) is 13.2 Å². The fourth-order valence-corrected chi connectivity index (χ4v) is 2.71. The van der Waals surface area contributed by atoms with Gasteiger partial charge in [0.15, 0.2) is 0 Å². The molecule has 0 heterocycles. The van der Waals surface area contributed by atoms with Crippen LogP contribution in [0.1, 0.15) is 31.2 Å². The van der Waals surface area contributed by atoms with Gasteiger partial charge in [-0.3, -0.25) is 0 Å². The van der Waals surface area contributed by atoms with E-state index in [1.165, 1.54) is 0 Å². The molecule has 0 spiro atoms. The van der Waals surface area contributed by atoms with Crippen LogP contribution in [0.25, 0.3) is 0 Å². The van der Waals surface area contributed by atoms with Crippen LogP contribution in [0.3, 0.4) is 0 Å². The SMILES string of the molecule is COc1ccc(C)c(NC(=O)NCC2CCCC(O)C2)c1. The number of hydrogen-bond acceptors (Lipinski definition) is 3. The number of aliphatic hydroxyl groups is 1. The number of methoxy groups -OCH3 is 1. The average Bonchev–Trinajstić information content (AvgIpc) is 2.47. The number of urea groups is 1. The van der Waals surface area contributed by atoms with Gasteiger partial charge < -0.3 is 20.5 Å². The van der Waals surface area contributed by atoms with E-state index in [1.54, 1.807) is 13.2 Å². The molecule has 3 N–H and O–H groups in total. The number of nitrogens with one attached hydrogen (secondary N) is 2. The zero-order valence-electron chi connectivity index (χ0n) is 12.7. The number of hydrogen-bond donors (Lipinski definition) is 3. The summed E-state index contributed by atoms with van der Waals surface area (Å²) in [7, 11) is 1.60. The van der Waals surface area contributed by atoms with Crippen LogP contribution in [-0.4, -0.2) is 30.9 Å². The normalized spacial score (nSPS) is 21.7. The predicted octanol–water partition coefficient (Wildman–Crippen LogP) is 2.68. The highest BCUT2D eigenvalue weighted by molar-refractivity contribution is 5.90. The van der Waals surface area contributed by atoms with E-state index < -0.39 is 0 Å².